The van der Waals surface area contributed by atoms with Crippen molar-refractivity contribution in [1.29, 1.82) is 0 Å². The van der Waals surface area contributed by atoms with Crippen molar-refractivity contribution < 1.29 is 17.2 Å². The van der Waals surface area contributed by atoms with Gasteiger partial charge >= 0.3 is 0 Å². The zero-order valence-electron chi connectivity index (χ0n) is 14.5. The predicted octanol–water partition coefficient (Wildman–Crippen LogP) is 4.42. The minimum atomic E-state index is -4.17. The van der Waals surface area contributed by atoms with Gasteiger partial charge in [0.2, 0.25) is 0 Å². The van der Waals surface area contributed by atoms with E-state index in [2.05, 4.69) is 19.7 Å². The predicted molar refractivity (Wildman–Crippen MR) is 105 cm³/mol. The Balaban J connectivity index is 1.72. The lowest BCUT2D eigenvalue weighted by Crippen LogP contribution is -2.14. The fourth-order valence-corrected chi connectivity index (χ4v) is 3.89. The van der Waals surface area contributed by atoms with Crippen molar-refractivity contribution in [3.05, 3.63) is 77.7 Å². The molecule has 4 rings (SSSR count). The number of hydrogen-bond acceptors (Lipinski definition) is 5. The summed E-state index contributed by atoms with van der Waals surface area (Å²) in [6, 6.07) is 8.84. The number of fused-ring (bicyclic) bond motifs is 1. The van der Waals surface area contributed by atoms with E-state index in [-0.39, 0.29) is 10.6 Å². The molecule has 0 aliphatic rings. The zero-order chi connectivity index (χ0) is 20.6. The molecule has 0 atom stereocenters. The summed E-state index contributed by atoms with van der Waals surface area (Å²) < 4.78 is 54.2. The van der Waals surface area contributed by atoms with Crippen molar-refractivity contribution in [2.24, 2.45) is 0 Å². The lowest BCUT2D eigenvalue weighted by Gasteiger charge is -2.10. The Morgan fingerprint density at radius 1 is 1.00 bits per heavy atom. The van der Waals surface area contributed by atoms with Gasteiger partial charge in [0.05, 0.1) is 21.9 Å². The highest BCUT2D eigenvalue weighted by Gasteiger charge is 2.18. The maximum Gasteiger partial charge on any atom is 0.263 e. The maximum absolute atomic E-state index is 13.8. The van der Waals surface area contributed by atoms with Gasteiger partial charge in [-0.1, -0.05) is 11.6 Å². The highest BCUT2D eigenvalue weighted by molar-refractivity contribution is 7.92. The second kappa shape index (κ2) is 7.34. The van der Waals surface area contributed by atoms with Crippen LogP contribution in [0.1, 0.15) is 0 Å². The largest absolute Gasteiger partial charge is 0.277 e. The highest BCUT2D eigenvalue weighted by atomic mass is 35.5. The summed E-state index contributed by atoms with van der Waals surface area (Å²) in [6.07, 6.45) is 4.11. The van der Waals surface area contributed by atoms with E-state index in [0.717, 1.165) is 18.3 Å². The summed E-state index contributed by atoms with van der Waals surface area (Å²) in [5.41, 5.74) is 1.52. The van der Waals surface area contributed by atoms with E-state index in [9.17, 15) is 17.2 Å². The summed E-state index contributed by atoms with van der Waals surface area (Å²) in [6.45, 7) is 0. The molecule has 1 N–H and O–H groups in total. The monoisotopic (exact) mass is 432 g/mol. The summed E-state index contributed by atoms with van der Waals surface area (Å²) in [4.78, 5) is 12.3. The Kier molecular flexibility index (Phi) is 4.85. The molecule has 0 aliphatic carbocycles. The van der Waals surface area contributed by atoms with E-state index in [1.807, 2.05) is 0 Å². The smallest absolute Gasteiger partial charge is 0.263 e. The van der Waals surface area contributed by atoms with Crippen LogP contribution >= 0.6 is 11.6 Å². The lowest BCUT2D eigenvalue weighted by atomic mass is 10.2. The molecule has 6 nitrogen and oxygen atoms in total. The molecule has 0 radical (unpaired) electrons. The van der Waals surface area contributed by atoms with Crippen LogP contribution in [0.3, 0.4) is 0 Å². The molecule has 0 fully saturated rings. The van der Waals surface area contributed by atoms with Crippen LogP contribution in [-0.4, -0.2) is 23.4 Å². The van der Waals surface area contributed by atoms with Crippen molar-refractivity contribution in [2.45, 2.75) is 4.90 Å². The van der Waals surface area contributed by atoms with Crippen LogP contribution in [0.2, 0.25) is 5.02 Å². The Labute approximate surface area is 169 Å². The third-order valence-electron chi connectivity index (χ3n) is 4.03. The van der Waals surface area contributed by atoms with Gasteiger partial charge < -0.3 is 0 Å². The second-order valence-corrected chi connectivity index (χ2v) is 8.09. The minimum Gasteiger partial charge on any atom is -0.277 e. The number of halogens is 3. The van der Waals surface area contributed by atoms with Gasteiger partial charge in [-0.25, -0.2) is 22.2 Å². The Morgan fingerprint density at radius 3 is 2.62 bits per heavy atom. The van der Waals surface area contributed by atoms with Gasteiger partial charge in [0.25, 0.3) is 10.0 Å². The maximum atomic E-state index is 13.8. The SMILES string of the molecule is O=S(=O)(Nc1ccc(F)cc1F)c1cncc(-c2ccc3nccc(Cl)c3n2)c1. The Bertz CT molecular complexity index is 1350. The summed E-state index contributed by atoms with van der Waals surface area (Å²) in [7, 11) is -4.17. The van der Waals surface area contributed by atoms with E-state index in [0.29, 0.717) is 33.4 Å². The fourth-order valence-electron chi connectivity index (χ4n) is 2.64. The highest BCUT2D eigenvalue weighted by Crippen LogP contribution is 2.26. The van der Waals surface area contributed by atoms with Crippen molar-refractivity contribution in [3.8, 4) is 11.3 Å². The molecule has 0 unspecified atom stereocenters. The fraction of sp³-hybridized carbons (Fsp3) is 0. The molecule has 0 bridgehead atoms. The van der Waals surface area contributed by atoms with E-state index >= 15 is 0 Å². The van der Waals surface area contributed by atoms with Crippen LogP contribution in [0.15, 0.2) is 66.0 Å². The molecule has 0 spiro atoms. The number of nitrogens with one attached hydrogen (secondary N) is 1. The summed E-state index contributed by atoms with van der Waals surface area (Å²) in [5.74, 6) is -1.85. The van der Waals surface area contributed by atoms with Gasteiger partial charge in [0.15, 0.2) is 0 Å². The average Bonchev–Trinajstić information content (AvgIpc) is 2.70. The first-order valence-corrected chi connectivity index (χ1v) is 10.0. The minimum absolute atomic E-state index is 0.210. The third-order valence-corrected chi connectivity index (χ3v) is 5.67. The molecule has 10 heteroatoms. The Hall–Kier alpha value is -3.17. The van der Waals surface area contributed by atoms with E-state index in [1.165, 1.54) is 12.3 Å². The van der Waals surface area contributed by atoms with Gasteiger partial charge in [-0.05, 0) is 36.4 Å². The first-order chi connectivity index (χ1) is 13.8. The number of rotatable bonds is 4. The standard InChI is InChI=1S/C19H11ClF2N4O2S/c20-14-5-6-24-18-4-3-16(25-19(14)18)11-7-13(10-23-9-11)29(27,28)26-17-2-1-12(21)8-15(17)22/h1-10,26H. The van der Waals surface area contributed by atoms with Crippen LogP contribution in [-0.2, 0) is 10.0 Å². The number of pyridine rings is 3. The first kappa shape index (κ1) is 19.2. The molecule has 0 amide bonds. The van der Waals surface area contributed by atoms with Crippen molar-refractivity contribution in [3.63, 3.8) is 0 Å². The van der Waals surface area contributed by atoms with Crippen molar-refractivity contribution in [2.75, 3.05) is 4.72 Å². The van der Waals surface area contributed by atoms with Gasteiger partial charge in [-0.3, -0.25) is 14.7 Å². The van der Waals surface area contributed by atoms with Crippen molar-refractivity contribution >= 4 is 38.3 Å². The van der Waals surface area contributed by atoms with Gasteiger partial charge in [0.1, 0.15) is 22.0 Å². The molecule has 0 saturated heterocycles. The molecular formula is C19H11ClF2N4O2S. The Morgan fingerprint density at radius 2 is 1.83 bits per heavy atom. The zero-order valence-corrected chi connectivity index (χ0v) is 16.0. The second-order valence-electron chi connectivity index (χ2n) is 6.00. The van der Waals surface area contributed by atoms with Crippen LogP contribution in [0.4, 0.5) is 14.5 Å². The van der Waals surface area contributed by atoms with E-state index in [4.69, 9.17) is 11.6 Å². The molecular weight excluding hydrogens is 422 g/mol. The normalized spacial score (nSPS) is 11.6. The van der Waals surface area contributed by atoms with Gasteiger partial charge in [-0.15, -0.1) is 0 Å². The van der Waals surface area contributed by atoms with Crippen LogP contribution in [0.25, 0.3) is 22.3 Å². The van der Waals surface area contributed by atoms with Crippen molar-refractivity contribution in [1.82, 2.24) is 15.0 Å². The van der Waals surface area contributed by atoms with Gasteiger partial charge in [0, 0.05) is 30.2 Å². The number of sulfonamides is 1. The average molecular weight is 433 g/mol. The van der Waals surface area contributed by atoms with Crippen LogP contribution < -0.4 is 4.72 Å². The number of benzene rings is 1. The molecule has 3 aromatic heterocycles. The molecule has 29 heavy (non-hydrogen) atoms. The third kappa shape index (κ3) is 3.87. The summed E-state index contributed by atoms with van der Waals surface area (Å²) >= 11 is 6.15. The molecule has 1 aromatic carbocycles. The quantitative estimate of drug-likeness (QED) is 0.516. The molecule has 0 aliphatic heterocycles. The number of aromatic nitrogens is 3. The summed E-state index contributed by atoms with van der Waals surface area (Å²) in [5, 5.41) is 0.405. The van der Waals surface area contributed by atoms with E-state index < -0.39 is 21.7 Å². The number of anilines is 1. The lowest BCUT2D eigenvalue weighted by molar-refractivity contribution is 0.582. The molecule has 0 saturated carbocycles. The molecule has 146 valence electrons. The van der Waals surface area contributed by atoms with Gasteiger partial charge in [-0.2, -0.15) is 0 Å². The van der Waals surface area contributed by atoms with E-state index in [1.54, 1.807) is 24.4 Å². The molecule has 4 aromatic rings. The topological polar surface area (TPSA) is 84.8 Å². The number of hydrogen-bond donors (Lipinski definition) is 1. The van der Waals surface area contributed by atoms with Crippen LogP contribution in [0, 0.1) is 11.6 Å². The number of nitrogens with zero attached hydrogens (tertiary/aromatic N) is 3. The van der Waals surface area contributed by atoms with Crippen LogP contribution in [0.5, 0.6) is 0 Å². The first-order valence-electron chi connectivity index (χ1n) is 8.18. The molecule has 3 heterocycles.